The molecule has 1 fully saturated rings. The Morgan fingerprint density at radius 3 is 1.75 bits per heavy atom. The van der Waals surface area contributed by atoms with Crippen LogP contribution in [0.3, 0.4) is 0 Å². The molecule has 6 aromatic carbocycles. The molecule has 15 nitrogen and oxygen atoms in total. The average molecular weight is 861 g/mol. The largest absolute Gasteiger partial charge is 0.508 e. The van der Waals surface area contributed by atoms with Crippen LogP contribution < -0.4 is 4.74 Å². The molecular weight excluding hydrogens is 817 g/mol. The fourth-order valence-corrected chi connectivity index (χ4v) is 8.71. The van der Waals surface area contributed by atoms with Crippen LogP contribution in [0.5, 0.6) is 51.7 Å². The van der Waals surface area contributed by atoms with Crippen LogP contribution in [0, 0.1) is 0 Å². The van der Waals surface area contributed by atoms with Crippen LogP contribution in [0.25, 0.3) is 12.2 Å². The minimum Gasteiger partial charge on any atom is -0.508 e. The van der Waals surface area contributed by atoms with E-state index in [0.29, 0.717) is 22.3 Å². The van der Waals surface area contributed by atoms with Crippen molar-refractivity contribution in [1.82, 2.24) is 0 Å². The molecule has 0 aliphatic carbocycles. The van der Waals surface area contributed by atoms with Crippen LogP contribution >= 0.6 is 0 Å². The van der Waals surface area contributed by atoms with Gasteiger partial charge in [-0.15, -0.1) is 0 Å². The van der Waals surface area contributed by atoms with Crippen LogP contribution in [0.4, 0.5) is 0 Å². The number of phenols is 8. The van der Waals surface area contributed by atoms with Crippen LogP contribution in [0.1, 0.15) is 80.2 Å². The van der Waals surface area contributed by atoms with Crippen molar-refractivity contribution >= 4 is 12.2 Å². The van der Waals surface area contributed by atoms with Gasteiger partial charge >= 0.3 is 0 Å². The molecule has 15 heteroatoms. The summed E-state index contributed by atoms with van der Waals surface area (Å²) in [6.07, 6.45) is -8.21. The van der Waals surface area contributed by atoms with Crippen LogP contribution in [-0.2, 0) is 4.74 Å². The Morgan fingerprint density at radius 1 is 0.540 bits per heavy atom. The third-order valence-electron chi connectivity index (χ3n) is 11.6. The van der Waals surface area contributed by atoms with Crippen molar-refractivity contribution in [3.05, 3.63) is 159 Å². The third kappa shape index (κ3) is 8.12. The Labute approximate surface area is 359 Å². The van der Waals surface area contributed by atoms with E-state index in [0.717, 1.165) is 18.2 Å². The second kappa shape index (κ2) is 17.1. The highest BCUT2D eigenvalue weighted by atomic mass is 16.5. The van der Waals surface area contributed by atoms with Crippen molar-refractivity contribution < 1.29 is 75.9 Å². The molecule has 2 aliphatic heterocycles. The molecule has 1 saturated heterocycles. The lowest BCUT2D eigenvalue weighted by Gasteiger charge is -2.41. The van der Waals surface area contributed by atoms with Gasteiger partial charge in [-0.1, -0.05) is 48.6 Å². The lowest BCUT2D eigenvalue weighted by Crippen LogP contribution is -2.55. The van der Waals surface area contributed by atoms with E-state index in [4.69, 9.17) is 9.47 Å². The van der Waals surface area contributed by atoms with E-state index in [1.165, 1.54) is 66.7 Å². The first-order valence-corrected chi connectivity index (χ1v) is 19.8. The Kier molecular flexibility index (Phi) is 11.6. The molecule has 0 aromatic heterocycles. The molecule has 8 rings (SSSR count). The monoisotopic (exact) mass is 860 g/mol. The van der Waals surface area contributed by atoms with Gasteiger partial charge < -0.3 is 75.9 Å². The Balaban J connectivity index is 1.42. The summed E-state index contributed by atoms with van der Waals surface area (Å²) in [5.41, 5.74) is 1.83. The summed E-state index contributed by atoms with van der Waals surface area (Å²) in [5, 5.41) is 142. The van der Waals surface area contributed by atoms with Crippen LogP contribution in [0.15, 0.2) is 109 Å². The smallest absolute Gasteiger partial charge is 0.135 e. The Morgan fingerprint density at radius 2 is 1.13 bits per heavy atom. The van der Waals surface area contributed by atoms with E-state index in [9.17, 15) is 66.4 Å². The van der Waals surface area contributed by atoms with E-state index < -0.39 is 78.4 Å². The van der Waals surface area contributed by atoms with Gasteiger partial charge in [-0.3, -0.25) is 0 Å². The van der Waals surface area contributed by atoms with Crippen molar-refractivity contribution in [3.8, 4) is 51.7 Å². The first-order chi connectivity index (χ1) is 30.1. The molecule has 0 amide bonds. The standard InChI is InChI=1S/C48H44O15/c49-21-37-44(59)45(60)46(61)48(63-37)41-33(18-31(55)19-34(41)56)43(58)38(23-4-10-27(51)11-5-23)40-32(14-3-22-1-8-26(50)9-2-22)42-36(20-35(40)57)62-47(24-6-12-28(52)13-7-24)39(42)25-15-29(53)17-30(54)16-25/h1-20,37-39,43-61H,21H2/b14-3+/t37-,38+,39-,43-,44-,45+,46-,47+,48+/m1/s1. The zero-order valence-electron chi connectivity index (χ0n) is 33.1. The topological polar surface area (TPSA) is 281 Å². The van der Waals surface area contributed by atoms with E-state index >= 15 is 0 Å². The maximum Gasteiger partial charge on any atom is 0.135 e. The number of hydrogen-bond acceptors (Lipinski definition) is 15. The molecule has 0 bridgehead atoms. The molecule has 0 saturated carbocycles. The highest BCUT2D eigenvalue weighted by molar-refractivity contribution is 5.79. The molecule has 0 radical (unpaired) electrons. The maximum atomic E-state index is 12.9. The highest BCUT2D eigenvalue weighted by Gasteiger charge is 2.47. The number of aliphatic hydroxyl groups excluding tert-OH is 5. The first-order valence-electron chi connectivity index (χ1n) is 19.8. The number of fused-ring (bicyclic) bond motifs is 1. The van der Waals surface area contributed by atoms with Gasteiger partial charge in [0.15, 0.2) is 0 Å². The van der Waals surface area contributed by atoms with Crippen molar-refractivity contribution in [2.75, 3.05) is 6.61 Å². The zero-order valence-corrected chi connectivity index (χ0v) is 33.1. The lowest BCUT2D eigenvalue weighted by atomic mass is 9.75. The molecule has 9 atom stereocenters. The fraction of sp³-hybridized carbons (Fsp3) is 0.208. The van der Waals surface area contributed by atoms with Crippen molar-refractivity contribution in [1.29, 1.82) is 0 Å². The first kappa shape index (κ1) is 42.7. The van der Waals surface area contributed by atoms with Gasteiger partial charge in [-0.05, 0) is 88.0 Å². The predicted octanol–water partition coefficient (Wildman–Crippen LogP) is 5.15. The SMILES string of the molecule is OC[C@H]1O[C@@H](c2c(O)cc(O)cc2[C@@H](O)[C@@H](c2ccc(O)cc2)c2c(O)cc3c(c2/C=C/c2ccc(O)cc2)[C@@H](c2cc(O)cc(O)c2)[C@H](c2ccc(O)cc2)O3)[C@H](O)[C@@H](O)[C@@H]1O. The maximum absolute atomic E-state index is 12.9. The summed E-state index contributed by atoms with van der Waals surface area (Å²) in [6.45, 7) is -0.806. The molecule has 6 aromatic rings. The van der Waals surface area contributed by atoms with Gasteiger partial charge in [0.25, 0.3) is 0 Å². The average Bonchev–Trinajstić information content (AvgIpc) is 3.63. The summed E-state index contributed by atoms with van der Waals surface area (Å²) in [6, 6.07) is 25.4. The number of hydrogen-bond donors (Lipinski definition) is 13. The lowest BCUT2D eigenvalue weighted by molar-refractivity contribution is -0.232. The van der Waals surface area contributed by atoms with Crippen molar-refractivity contribution in [2.45, 2.75) is 54.6 Å². The highest BCUT2D eigenvalue weighted by Crippen LogP contribution is 2.57. The molecule has 326 valence electrons. The normalized spacial score (nSPS) is 23.0. The third-order valence-corrected chi connectivity index (χ3v) is 11.6. The van der Waals surface area contributed by atoms with Gasteiger partial charge in [-0.25, -0.2) is 0 Å². The van der Waals surface area contributed by atoms with E-state index in [-0.39, 0.29) is 62.3 Å². The minimum absolute atomic E-state index is 0.0000660. The number of aromatic hydroxyl groups is 8. The van der Waals surface area contributed by atoms with Crippen molar-refractivity contribution in [2.24, 2.45) is 0 Å². The quantitative estimate of drug-likeness (QED) is 0.0794. The van der Waals surface area contributed by atoms with Gasteiger partial charge in [0.1, 0.15) is 88.4 Å². The molecule has 0 unspecified atom stereocenters. The second-order valence-electron chi connectivity index (χ2n) is 15.7. The summed E-state index contributed by atoms with van der Waals surface area (Å²) in [5.74, 6) is -4.53. The molecule has 2 heterocycles. The summed E-state index contributed by atoms with van der Waals surface area (Å²) in [7, 11) is 0. The van der Waals surface area contributed by atoms with Crippen molar-refractivity contribution in [3.63, 3.8) is 0 Å². The predicted molar refractivity (Wildman–Crippen MR) is 226 cm³/mol. The molecule has 13 N–H and O–H groups in total. The van der Waals surface area contributed by atoms with E-state index in [1.807, 2.05) is 0 Å². The molecular formula is C48H44O15. The Bertz CT molecular complexity index is 2620. The molecule has 63 heavy (non-hydrogen) atoms. The summed E-state index contributed by atoms with van der Waals surface area (Å²) in [4.78, 5) is 0. The van der Waals surface area contributed by atoms with Crippen LogP contribution in [-0.4, -0.2) is 97.4 Å². The zero-order chi connectivity index (χ0) is 44.9. The molecule has 2 aliphatic rings. The minimum atomic E-state index is -1.93. The van der Waals surface area contributed by atoms with Gasteiger partial charge in [-0.2, -0.15) is 0 Å². The van der Waals surface area contributed by atoms with Gasteiger partial charge in [0.2, 0.25) is 0 Å². The fourth-order valence-electron chi connectivity index (χ4n) is 8.71. The number of rotatable bonds is 10. The van der Waals surface area contributed by atoms with Crippen LogP contribution in [0.2, 0.25) is 0 Å². The number of phenolic OH excluding ortho intramolecular Hbond substituents is 8. The van der Waals surface area contributed by atoms with Gasteiger partial charge in [0, 0.05) is 40.8 Å². The number of aliphatic hydroxyl groups is 5. The number of benzene rings is 6. The van der Waals surface area contributed by atoms with E-state index in [1.54, 1.807) is 36.4 Å². The Hall–Kier alpha value is -6.98. The van der Waals surface area contributed by atoms with Gasteiger partial charge in [0.05, 0.1) is 18.6 Å². The summed E-state index contributed by atoms with van der Waals surface area (Å²) >= 11 is 0. The number of ether oxygens (including phenoxy) is 2. The van der Waals surface area contributed by atoms with E-state index in [2.05, 4.69) is 0 Å². The molecule has 0 spiro atoms. The second-order valence-corrected chi connectivity index (χ2v) is 15.7. The summed E-state index contributed by atoms with van der Waals surface area (Å²) < 4.78 is 12.4.